The number of hydrogen-bond acceptors (Lipinski definition) is 2. The van der Waals surface area contributed by atoms with E-state index in [1.807, 2.05) is 12.1 Å². The number of nitrogens with one attached hydrogen (secondary N) is 1. The minimum Gasteiger partial charge on any atom is -0.380 e. The summed E-state index contributed by atoms with van der Waals surface area (Å²) in [5.41, 5.74) is 1.70. The summed E-state index contributed by atoms with van der Waals surface area (Å²) >= 11 is 0. The lowest BCUT2D eigenvalue weighted by Gasteiger charge is -2.11. The molecule has 2 rings (SSSR count). The fourth-order valence-electron chi connectivity index (χ4n) is 2.21. The Morgan fingerprint density at radius 3 is 3.00 bits per heavy atom. The summed E-state index contributed by atoms with van der Waals surface area (Å²) in [5, 5.41) is 3.42. The van der Waals surface area contributed by atoms with Gasteiger partial charge in [0.1, 0.15) is 5.82 Å². The molecule has 0 saturated carbocycles. The van der Waals surface area contributed by atoms with Gasteiger partial charge in [0.05, 0.1) is 6.61 Å². The molecule has 1 aromatic rings. The molecule has 1 N–H and O–H groups in total. The molecule has 1 unspecified atom stereocenters. The molecule has 1 saturated heterocycles. The SMILES string of the molecule is COCc1ccc(CC2CCCN2)cc1F. The fraction of sp³-hybridized carbons (Fsp3) is 0.538. The zero-order valence-corrected chi connectivity index (χ0v) is 9.63. The second-order valence-corrected chi connectivity index (χ2v) is 4.36. The number of rotatable bonds is 4. The maximum Gasteiger partial charge on any atom is 0.128 e. The highest BCUT2D eigenvalue weighted by Crippen LogP contribution is 2.16. The molecule has 1 atom stereocenters. The topological polar surface area (TPSA) is 21.3 Å². The van der Waals surface area contributed by atoms with Crippen LogP contribution in [0.5, 0.6) is 0 Å². The summed E-state index contributed by atoms with van der Waals surface area (Å²) in [6.45, 7) is 1.43. The molecule has 0 bridgehead atoms. The normalized spacial score (nSPS) is 20.2. The van der Waals surface area contributed by atoms with E-state index >= 15 is 0 Å². The molecule has 1 fully saturated rings. The zero-order chi connectivity index (χ0) is 11.4. The second-order valence-electron chi connectivity index (χ2n) is 4.36. The van der Waals surface area contributed by atoms with Gasteiger partial charge in [0.25, 0.3) is 0 Å². The Hall–Kier alpha value is -0.930. The van der Waals surface area contributed by atoms with E-state index < -0.39 is 0 Å². The van der Waals surface area contributed by atoms with Crippen molar-refractivity contribution in [3.8, 4) is 0 Å². The summed E-state index contributed by atoms with van der Waals surface area (Å²) in [6, 6.07) is 5.97. The van der Waals surface area contributed by atoms with Crippen LogP contribution in [0.15, 0.2) is 18.2 Å². The van der Waals surface area contributed by atoms with Gasteiger partial charge in [-0.15, -0.1) is 0 Å². The Labute approximate surface area is 95.8 Å². The van der Waals surface area contributed by atoms with Gasteiger partial charge in [-0.1, -0.05) is 12.1 Å². The van der Waals surface area contributed by atoms with Crippen molar-refractivity contribution in [1.29, 1.82) is 0 Å². The van der Waals surface area contributed by atoms with Crippen LogP contribution in [-0.4, -0.2) is 19.7 Å². The van der Waals surface area contributed by atoms with Gasteiger partial charge >= 0.3 is 0 Å². The predicted molar refractivity (Wildman–Crippen MR) is 61.8 cm³/mol. The number of hydrogen-bond donors (Lipinski definition) is 1. The first kappa shape index (κ1) is 11.6. The molecule has 1 aliphatic heterocycles. The molecular formula is C13H18FNO. The molecule has 3 heteroatoms. The largest absolute Gasteiger partial charge is 0.380 e. The lowest BCUT2D eigenvalue weighted by Crippen LogP contribution is -2.23. The van der Waals surface area contributed by atoms with E-state index in [2.05, 4.69) is 5.32 Å². The van der Waals surface area contributed by atoms with Crippen LogP contribution in [0.2, 0.25) is 0 Å². The van der Waals surface area contributed by atoms with E-state index in [4.69, 9.17) is 4.74 Å². The van der Waals surface area contributed by atoms with Crippen molar-refractivity contribution in [3.05, 3.63) is 35.1 Å². The van der Waals surface area contributed by atoms with Crippen molar-refractivity contribution in [3.63, 3.8) is 0 Å². The minimum absolute atomic E-state index is 0.155. The average Bonchev–Trinajstić information content (AvgIpc) is 2.75. The highest BCUT2D eigenvalue weighted by atomic mass is 19.1. The standard InChI is InChI=1S/C13H18FNO/c1-16-9-11-5-4-10(8-13(11)14)7-12-3-2-6-15-12/h4-5,8,12,15H,2-3,6-7,9H2,1H3. The van der Waals surface area contributed by atoms with Crippen LogP contribution in [0.3, 0.4) is 0 Å². The van der Waals surface area contributed by atoms with E-state index in [-0.39, 0.29) is 5.82 Å². The third-order valence-corrected chi connectivity index (χ3v) is 3.06. The van der Waals surface area contributed by atoms with Gasteiger partial charge in [-0.2, -0.15) is 0 Å². The van der Waals surface area contributed by atoms with E-state index in [0.717, 1.165) is 18.5 Å². The molecule has 0 spiro atoms. The Morgan fingerprint density at radius 1 is 1.50 bits per heavy atom. The van der Waals surface area contributed by atoms with E-state index in [1.54, 1.807) is 13.2 Å². The summed E-state index contributed by atoms with van der Waals surface area (Å²) in [4.78, 5) is 0. The van der Waals surface area contributed by atoms with Crippen molar-refractivity contribution >= 4 is 0 Å². The second kappa shape index (κ2) is 5.41. The molecule has 2 nitrogen and oxygen atoms in total. The molecule has 0 amide bonds. The van der Waals surface area contributed by atoms with Crippen LogP contribution in [0.4, 0.5) is 4.39 Å². The van der Waals surface area contributed by atoms with Crippen molar-refractivity contribution < 1.29 is 9.13 Å². The van der Waals surface area contributed by atoms with Crippen LogP contribution in [-0.2, 0) is 17.8 Å². The Kier molecular flexibility index (Phi) is 3.91. The molecule has 88 valence electrons. The highest BCUT2D eigenvalue weighted by Gasteiger charge is 2.15. The zero-order valence-electron chi connectivity index (χ0n) is 9.63. The lowest BCUT2D eigenvalue weighted by atomic mass is 10.0. The predicted octanol–water partition coefficient (Wildman–Crippen LogP) is 2.27. The Bertz CT molecular complexity index is 348. The van der Waals surface area contributed by atoms with Crippen LogP contribution < -0.4 is 5.32 Å². The number of halogens is 1. The maximum atomic E-state index is 13.6. The van der Waals surface area contributed by atoms with Crippen molar-refractivity contribution in [1.82, 2.24) is 5.32 Å². The van der Waals surface area contributed by atoms with E-state index in [9.17, 15) is 4.39 Å². The first-order valence-corrected chi connectivity index (χ1v) is 5.79. The Balaban J connectivity index is 2.02. The van der Waals surface area contributed by atoms with E-state index in [1.165, 1.54) is 12.8 Å². The summed E-state index contributed by atoms with van der Waals surface area (Å²) < 4.78 is 18.5. The van der Waals surface area contributed by atoms with E-state index in [0.29, 0.717) is 18.2 Å². The smallest absolute Gasteiger partial charge is 0.128 e. The molecule has 1 aliphatic rings. The molecule has 0 aromatic heterocycles. The van der Waals surface area contributed by atoms with Gasteiger partial charge in [0.15, 0.2) is 0 Å². The molecule has 0 radical (unpaired) electrons. The quantitative estimate of drug-likeness (QED) is 0.845. The summed E-state index contributed by atoms with van der Waals surface area (Å²) in [6.07, 6.45) is 3.35. The molecule has 0 aliphatic carbocycles. The minimum atomic E-state index is -0.155. The summed E-state index contributed by atoms with van der Waals surface area (Å²) in [7, 11) is 1.58. The number of methoxy groups -OCH3 is 1. The average molecular weight is 223 g/mol. The van der Waals surface area contributed by atoms with Gasteiger partial charge in [-0.3, -0.25) is 0 Å². The van der Waals surface area contributed by atoms with Gasteiger partial charge in [0.2, 0.25) is 0 Å². The van der Waals surface area contributed by atoms with Crippen molar-refractivity contribution in [2.24, 2.45) is 0 Å². The first-order chi connectivity index (χ1) is 7.79. The van der Waals surface area contributed by atoms with Gasteiger partial charge in [-0.05, 0) is 37.4 Å². The van der Waals surface area contributed by atoms with Gasteiger partial charge in [0, 0.05) is 18.7 Å². The monoisotopic (exact) mass is 223 g/mol. The number of benzene rings is 1. The third-order valence-electron chi connectivity index (χ3n) is 3.06. The summed E-state index contributed by atoms with van der Waals surface area (Å²) in [5.74, 6) is -0.155. The lowest BCUT2D eigenvalue weighted by molar-refractivity contribution is 0.181. The van der Waals surface area contributed by atoms with Crippen LogP contribution >= 0.6 is 0 Å². The first-order valence-electron chi connectivity index (χ1n) is 5.79. The Morgan fingerprint density at radius 2 is 2.38 bits per heavy atom. The third kappa shape index (κ3) is 2.80. The maximum absolute atomic E-state index is 13.6. The van der Waals surface area contributed by atoms with Crippen molar-refractivity contribution in [2.75, 3.05) is 13.7 Å². The molecular weight excluding hydrogens is 205 g/mol. The van der Waals surface area contributed by atoms with Crippen LogP contribution in [0, 0.1) is 5.82 Å². The molecule has 1 aromatic carbocycles. The highest BCUT2D eigenvalue weighted by molar-refractivity contribution is 5.24. The fourth-order valence-corrected chi connectivity index (χ4v) is 2.21. The number of ether oxygens (including phenoxy) is 1. The molecule has 16 heavy (non-hydrogen) atoms. The van der Waals surface area contributed by atoms with Gasteiger partial charge in [-0.25, -0.2) is 4.39 Å². The van der Waals surface area contributed by atoms with Crippen LogP contribution in [0.25, 0.3) is 0 Å². The van der Waals surface area contributed by atoms with Gasteiger partial charge < -0.3 is 10.1 Å². The molecule has 1 heterocycles. The van der Waals surface area contributed by atoms with Crippen molar-refractivity contribution in [2.45, 2.75) is 31.9 Å². The van der Waals surface area contributed by atoms with Crippen LogP contribution in [0.1, 0.15) is 24.0 Å².